The highest BCUT2D eigenvalue weighted by molar-refractivity contribution is 5.32. The van der Waals surface area contributed by atoms with E-state index in [0.29, 0.717) is 12.6 Å². The van der Waals surface area contributed by atoms with E-state index < -0.39 is 0 Å². The van der Waals surface area contributed by atoms with Gasteiger partial charge in [-0.25, -0.2) is 4.39 Å². The van der Waals surface area contributed by atoms with Crippen molar-refractivity contribution in [1.82, 2.24) is 5.32 Å². The lowest BCUT2D eigenvalue weighted by Gasteiger charge is -2.13. The van der Waals surface area contributed by atoms with Gasteiger partial charge in [0.05, 0.1) is 0 Å². The van der Waals surface area contributed by atoms with Gasteiger partial charge in [-0.05, 0) is 50.1 Å². The van der Waals surface area contributed by atoms with Gasteiger partial charge in [-0.1, -0.05) is 0 Å². The number of hydrogen-bond acceptors (Lipinski definition) is 2. The summed E-state index contributed by atoms with van der Waals surface area (Å²) in [5.41, 5.74) is 0.855. The van der Waals surface area contributed by atoms with Gasteiger partial charge in [0, 0.05) is 6.04 Å². The van der Waals surface area contributed by atoms with Crippen LogP contribution in [0.5, 0.6) is 5.75 Å². The van der Waals surface area contributed by atoms with E-state index in [1.807, 2.05) is 6.92 Å². The Kier molecular flexibility index (Phi) is 3.21. The highest BCUT2D eigenvalue weighted by Crippen LogP contribution is 2.19. The molecule has 1 N–H and O–H groups in total. The third-order valence-electron chi connectivity index (χ3n) is 2.74. The van der Waals surface area contributed by atoms with Gasteiger partial charge in [-0.3, -0.25) is 0 Å². The zero-order chi connectivity index (χ0) is 10.7. The fraction of sp³-hybridized carbons (Fsp3) is 0.500. The summed E-state index contributed by atoms with van der Waals surface area (Å²) in [7, 11) is 0. The van der Waals surface area contributed by atoms with Gasteiger partial charge >= 0.3 is 0 Å². The second-order valence-electron chi connectivity index (χ2n) is 4.01. The molecule has 1 atom stereocenters. The molecule has 2 rings (SSSR count). The normalized spacial score (nSPS) is 20.5. The van der Waals surface area contributed by atoms with Crippen LogP contribution in [-0.2, 0) is 0 Å². The third kappa shape index (κ3) is 2.69. The van der Waals surface area contributed by atoms with Crippen LogP contribution in [0.4, 0.5) is 4.39 Å². The van der Waals surface area contributed by atoms with Gasteiger partial charge in [-0.15, -0.1) is 0 Å². The molecule has 0 saturated carbocycles. The Morgan fingerprint density at radius 1 is 1.53 bits per heavy atom. The Bertz CT molecular complexity index is 334. The first-order valence-electron chi connectivity index (χ1n) is 5.38. The van der Waals surface area contributed by atoms with Gasteiger partial charge in [0.25, 0.3) is 0 Å². The van der Waals surface area contributed by atoms with Crippen LogP contribution in [0.1, 0.15) is 18.4 Å². The van der Waals surface area contributed by atoms with Crippen molar-refractivity contribution in [3.05, 3.63) is 29.6 Å². The Balaban J connectivity index is 1.92. The molecule has 1 aliphatic heterocycles. The van der Waals surface area contributed by atoms with E-state index >= 15 is 0 Å². The van der Waals surface area contributed by atoms with Crippen molar-refractivity contribution in [2.24, 2.45) is 0 Å². The summed E-state index contributed by atoms with van der Waals surface area (Å²) in [6.45, 7) is 3.61. The highest BCUT2D eigenvalue weighted by Gasteiger charge is 2.14. The lowest BCUT2D eigenvalue weighted by Crippen LogP contribution is -2.28. The van der Waals surface area contributed by atoms with Crippen molar-refractivity contribution in [3.8, 4) is 5.75 Å². The molecule has 1 aromatic rings. The molecule has 82 valence electrons. The summed E-state index contributed by atoms with van der Waals surface area (Å²) in [5, 5.41) is 3.36. The van der Waals surface area contributed by atoms with Crippen molar-refractivity contribution in [2.45, 2.75) is 25.8 Å². The summed E-state index contributed by atoms with van der Waals surface area (Å²) in [6.07, 6.45) is 2.39. The predicted octanol–water partition coefficient (Wildman–Crippen LogP) is 2.26. The molecule has 1 aliphatic rings. The fourth-order valence-electron chi connectivity index (χ4n) is 1.86. The molecule has 0 bridgehead atoms. The maximum Gasteiger partial charge on any atom is 0.123 e. The zero-order valence-corrected chi connectivity index (χ0v) is 8.92. The van der Waals surface area contributed by atoms with Crippen LogP contribution in [0.2, 0.25) is 0 Å². The standard InChI is InChI=1S/C12H16FNO/c1-9-7-10(13)4-5-12(9)15-8-11-3-2-6-14-11/h4-5,7,11,14H,2-3,6,8H2,1H3/t11-/m0/s1. The Hall–Kier alpha value is -1.09. The van der Waals surface area contributed by atoms with E-state index in [0.717, 1.165) is 17.9 Å². The largest absolute Gasteiger partial charge is 0.492 e. The van der Waals surface area contributed by atoms with Crippen molar-refractivity contribution < 1.29 is 9.13 Å². The molecule has 0 radical (unpaired) electrons. The van der Waals surface area contributed by atoms with E-state index in [1.165, 1.54) is 25.0 Å². The molecular weight excluding hydrogens is 193 g/mol. The summed E-state index contributed by atoms with van der Waals surface area (Å²) < 4.78 is 18.5. The van der Waals surface area contributed by atoms with Gasteiger partial charge < -0.3 is 10.1 Å². The molecule has 1 aromatic carbocycles. The third-order valence-corrected chi connectivity index (χ3v) is 2.74. The van der Waals surface area contributed by atoms with Crippen molar-refractivity contribution in [1.29, 1.82) is 0 Å². The zero-order valence-electron chi connectivity index (χ0n) is 8.92. The fourth-order valence-corrected chi connectivity index (χ4v) is 1.86. The molecule has 2 nitrogen and oxygen atoms in total. The van der Waals surface area contributed by atoms with Crippen LogP contribution in [0.25, 0.3) is 0 Å². The average molecular weight is 209 g/mol. The predicted molar refractivity (Wildman–Crippen MR) is 57.7 cm³/mol. The van der Waals surface area contributed by atoms with Crippen LogP contribution in [0.3, 0.4) is 0 Å². The van der Waals surface area contributed by atoms with E-state index in [1.54, 1.807) is 6.07 Å². The van der Waals surface area contributed by atoms with Crippen molar-refractivity contribution >= 4 is 0 Å². The molecule has 0 spiro atoms. The number of benzene rings is 1. The van der Waals surface area contributed by atoms with E-state index in [4.69, 9.17) is 4.74 Å². The molecular formula is C12H16FNO. The second-order valence-corrected chi connectivity index (χ2v) is 4.01. The Morgan fingerprint density at radius 3 is 3.07 bits per heavy atom. The quantitative estimate of drug-likeness (QED) is 0.824. The second kappa shape index (κ2) is 4.62. The van der Waals surface area contributed by atoms with E-state index in [2.05, 4.69) is 5.32 Å². The van der Waals surface area contributed by atoms with Gasteiger partial charge in [0.15, 0.2) is 0 Å². The van der Waals surface area contributed by atoms with Gasteiger partial charge in [0.2, 0.25) is 0 Å². The van der Waals surface area contributed by atoms with E-state index in [-0.39, 0.29) is 5.82 Å². The van der Waals surface area contributed by atoms with Crippen molar-refractivity contribution in [3.63, 3.8) is 0 Å². The first-order chi connectivity index (χ1) is 7.25. The number of aryl methyl sites for hydroxylation is 1. The Morgan fingerprint density at radius 2 is 2.40 bits per heavy atom. The molecule has 0 amide bonds. The number of hydrogen-bond donors (Lipinski definition) is 1. The summed E-state index contributed by atoms with van der Waals surface area (Å²) in [6, 6.07) is 5.08. The van der Waals surface area contributed by atoms with Crippen LogP contribution in [-0.4, -0.2) is 19.2 Å². The number of rotatable bonds is 3. The number of ether oxygens (including phenoxy) is 1. The minimum atomic E-state index is -0.209. The molecule has 15 heavy (non-hydrogen) atoms. The molecule has 1 fully saturated rings. The monoisotopic (exact) mass is 209 g/mol. The molecule has 0 aromatic heterocycles. The first-order valence-corrected chi connectivity index (χ1v) is 5.38. The summed E-state index contributed by atoms with van der Waals surface area (Å²) >= 11 is 0. The first kappa shape index (κ1) is 10.4. The number of halogens is 1. The van der Waals surface area contributed by atoms with Crippen LogP contribution in [0, 0.1) is 12.7 Å². The van der Waals surface area contributed by atoms with Gasteiger partial charge in [-0.2, -0.15) is 0 Å². The minimum absolute atomic E-state index is 0.209. The highest BCUT2D eigenvalue weighted by atomic mass is 19.1. The van der Waals surface area contributed by atoms with Crippen LogP contribution >= 0.6 is 0 Å². The van der Waals surface area contributed by atoms with E-state index in [9.17, 15) is 4.39 Å². The van der Waals surface area contributed by atoms with Crippen molar-refractivity contribution in [2.75, 3.05) is 13.2 Å². The van der Waals surface area contributed by atoms with Gasteiger partial charge in [0.1, 0.15) is 18.2 Å². The summed E-state index contributed by atoms with van der Waals surface area (Å²) in [5.74, 6) is 0.573. The molecule has 1 heterocycles. The molecule has 1 saturated heterocycles. The molecule has 0 unspecified atom stereocenters. The minimum Gasteiger partial charge on any atom is -0.492 e. The van der Waals surface area contributed by atoms with Crippen LogP contribution < -0.4 is 10.1 Å². The smallest absolute Gasteiger partial charge is 0.123 e. The molecule has 0 aliphatic carbocycles. The average Bonchev–Trinajstić information content (AvgIpc) is 2.69. The van der Waals surface area contributed by atoms with Crippen LogP contribution in [0.15, 0.2) is 18.2 Å². The number of nitrogens with one attached hydrogen (secondary N) is 1. The molecule has 3 heteroatoms. The SMILES string of the molecule is Cc1cc(F)ccc1OC[C@@H]1CCCN1. The maximum absolute atomic E-state index is 12.8. The Labute approximate surface area is 89.4 Å². The lowest BCUT2D eigenvalue weighted by molar-refractivity contribution is 0.275. The summed E-state index contributed by atoms with van der Waals surface area (Å²) in [4.78, 5) is 0. The maximum atomic E-state index is 12.8. The lowest BCUT2D eigenvalue weighted by atomic mass is 10.2. The topological polar surface area (TPSA) is 21.3 Å².